The SMILES string of the molecule is CCCCC(CC1(CSc2nccn2-c2ccccc2)CCC1)(NC(=O)O)C(O)C(=O)N[C@H](C)c1ccccc1. The zero-order valence-electron chi connectivity index (χ0n) is 23.3. The molecule has 0 bridgehead atoms. The van der Waals surface area contributed by atoms with Gasteiger partial charge in [-0.05, 0) is 55.7 Å². The second kappa shape index (κ2) is 13.4. The van der Waals surface area contributed by atoms with Crippen LogP contribution in [-0.4, -0.2) is 49.2 Å². The van der Waals surface area contributed by atoms with Gasteiger partial charge in [0.05, 0.1) is 11.6 Å². The zero-order chi connectivity index (χ0) is 28.6. The van der Waals surface area contributed by atoms with E-state index in [1.807, 2.05) is 85.3 Å². The number of carboxylic acid groups (broad SMARTS) is 1. The van der Waals surface area contributed by atoms with Crippen molar-refractivity contribution < 1.29 is 19.8 Å². The molecule has 9 heteroatoms. The third-order valence-electron chi connectivity index (χ3n) is 8.02. The molecule has 2 amide bonds. The van der Waals surface area contributed by atoms with E-state index in [9.17, 15) is 19.8 Å². The number of unbranched alkanes of at least 4 members (excludes halogenated alkanes) is 1. The Labute approximate surface area is 240 Å². The van der Waals surface area contributed by atoms with Crippen LogP contribution in [0.2, 0.25) is 0 Å². The van der Waals surface area contributed by atoms with Gasteiger partial charge in [-0.2, -0.15) is 0 Å². The Morgan fingerprint density at radius 1 is 1.12 bits per heavy atom. The number of thioether (sulfide) groups is 1. The fourth-order valence-electron chi connectivity index (χ4n) is 5.69. The molecule has 1 aliphatic rings. The average Bonchev–Trinajstić information content (AvgIpc) is 3.42. The summed E-state index contributed by atoms with van der Waals surface area (Å²) in [6.07, 6.45) is 6.01. The summed E-state index contributed by atoms with van der Waals surface area (Å²) in [5.74, 6) is 0.142. The number of rotatable bonds is 14. The molecular weight excluding hydrogens is 524 g/mol. The van der Waals surface area contributed by atoms with E-state index in [0.717, 1.165) is 42.1 Å². The number of imidazole rings is 1. The number of carbonyl (C=O) groups is 2. The van der Waals surface area contributed by atoms with Crippen molar-refractivity contribution in [1.82, 2.24) is 20.2 Å². The van der Waals surface area contributed by atoms with Gasteiger partial charge >= 0.3 is 6.09 Å². The number of amides is 2. The summed E-state index contributed by atoms with van der Waals surface area (Å²) in [5, 5.41) is 27.9. The number of hydrogen-bond donors (Lipinski definition) is 4. The minimum atomic E-state index is -1.53. The second-order valence-electron chi connectivity index (χ2n) is 11.0. The summed E-state index contributed by atoms with van der Waals surface area (Å²) < 4.78 is 2.05. The van der Waals surface area contributed by atoms with Crippen LogP contribution in [0.5, 0.6) is 0 Å². The molecule has 0 spiro atoms. The van der Waals surface area contributed by atoms with Gasteiger partial charge in [-0.1, -0.05) is 86.5 Å². The van der Waals surface area contributed by atoms with Crippen LogP contribution in [0.15, 0.2) is 78.2 Å². The smallest absolute Gasteiger partial charge is 0.405 e. The fourth-order valence-corrected chi connectivity index (χ4v) is 6.95. The molecule has 1 aliphatic carbocycles. The van der Waals surface area contributed by atoms with Gasteiger partial charge in [-0.25, -0.2) is 9.78 Å². The van der Waals surface area contributed by atoms with E-state index in [-0.39, 0.29) is 11.5 Å². The van der Waals surface area contributed by atoms with Crippen molar-refractivity contribution in [2.24, 2.45) is 5.41 Å². The van der Waals surface area contributed by atoms with E-state index in [2.05, 4.69) is 15.6 Å². The molecule has 4 rings (SSSR count). The monoisotopic (exact) mass is 564 g/mol. The van der Waals surface area contributed by atoms with Crippen LogP contribution in [0, 0.1) is 5.41 Å². The molecule has 0 radical (unpaired) electrons. The number of aliphatic hydroxyl groups is 1. The van der Waals surface area contributed by atoms with Crippen molar-refractivity contribution in [3.63, 3.8) is 0 Å². The average molecular weight is 565 g/mol. The van der Waals surface area contributed by atoms with E-state index >= 15 is 0 Å². The third-order valence-corrected chi connectivity index (χ3v) is 9.33. The molecule has 40 heavy (non-hydrogen) atoms. The Morgan fingerprint density at radius 2 is 1.80 bits per heavy atom. The largest absolute Gasteiger partial charge is 0.465 e. The highest BCUT2D eigenvalue weighted by Crippen LogP contribution is 2.51. The van der Waals surface area contributed by atoms with Crippen LogP contribution in [0.4, 0.5) is 4.79 Å². The van der Waals surface area contributed by atoms with E-state index < -0.39 is 23.6 Å². The van der Waals surface area contributed by atoms with Crippen molar-refractivity contribution in [2.45, 2.75) is 81.6 Å². The number of aliphatic hydroxyl groups excluding tert-OH is 1. The van der Waals surface area contributed by atoms with Gasteiger partial charge < -0.3 is 20.8 Å². The molecule has 2 aromatic carbocycles. The number of benzene rings is 2. The normalized spacial score (nSPS) is 17.2. The number of nitrogens with one attached hydrogen (secondary N) is 2. The summed E-state index contributed by atoms with van der Waals surface area (Å²) in [6, 6.07) is 19.2. The topological polar surface area (TPSA) is 116 Å². The molecule has 0 aliphatic heterocycles. The van der Waals surface area contributed by atoms with Crippen LogP contribution in [0.1, 0.15) is 70.4 Å². The number of nitrogens with zero attached hydrogens (tertiary/aromatic N) is 2. The van der Waals surface area contributed by atoms with Crippen molar-refractivity contribution in [3.05, 3.63) is 78.6 Å². The number of carbonyl (C=O) groups excluding carboxylic acids is 1. The Hall–Kier alpha value is -3.30. The number of hydrogen-bond acceptors (Lipinski definition) is 5. The summed E-state index contributed by atoms with van der Waals surface area (Å²) in [5.41, 5.74) is 0.391. The standard InChI is InChI=1S/C31H40N4O4S/c1-3-4-18-31(34-29(38)39,26(36)27(37)33-23(2)24-12-7-5-8-13-24)21-30(16-11-17-30)22-40-28-32-19-20-35(28)25-14-9-6-10-15-25/h5-10,12-15,19-20,23,26,34,36H,3-4,11,16-18,21-22H2,1-2H3,(H,33,37)(H,38,39)/t23-,26?,31?/m1/s1. The first-order valence-corrected chi connectivity index (χ1v) is 15.0. The maximum absolute atomic E-state index is 13.4. The lowest BCUT2D eigenvalue weighted by molar-refractivity contribution is -0.136. The highest BCUT2D eigenvalue weighted by atomic mass is 32.2. The Kier molecular flexibility index (Phi) is 9.92. The fraction of sp³-hybridized carbons (Fsp3) is 0.452. The molecule has 3 aromatic rings. The third kappa shape index (κ3) is 7.06. The van der Waals surface area contributed by atoms with Gasteiger partial charge in [-0.15, -0.1) is 0 Å². The maximum Gasteiger partial charge on any atom is 0.405 e. The molecule has 1 fully saturated rings. The lowest BCUT2D eigenvalue weighted by Crippen LogP contribution is -2.64. The Balaban J connectivity index is 1.56. The molecule has 4 N–H and O–H groups in total. The van der Waals surface area contributed by atoms with E-state index in [4.69, 9.17) is 0 Å². The first-order valence-electron chi connectivity index (χ1n) is 14.0. The van der Waals surface area contributed by atoms with Crippen molar-refractivity contribution >= 4 is 23.8 Å². The molecule has 214 valence electrons. The Bertz CT molecular complexity index is 1250. The maximum atomic E-state index is 13.4. The summed E-state index contributed by atoms with van der Waals surface area (Å²) >= 11 is 1.64. The van der Waals surface area contributed by atoms with Gasteiger partial charge in [-0.3, -0.25) is 9.36 Å². The molecule has 2 unspecified atom stereocenters. The van der Waals surface area contributed by atoms with Gasteiger partial charge in [0, 0.05) is 23.8 Å². The zero-order valence-corrected chi connectivity index (χ0v) is 24.1. The summed E-state index contributed by atoms with van der Waals surface area (Å²) in [7, 11) is 0. The van der Waals surface area contributed by atoms with Gasteiger partial charge in [0.25, 0.3) is 5.91 Å². The summed E-state index contributed by atoms with van der Waals surface area (Å²) in [6.45, 7) is 3.88. The molecule has 1 saturated carbocycles. The first-order chi connectivity index (χ1) is 19.3. The lowest BCUT2D eigenvalue weighted by Gasteiger charge is -2.50. The second-order valence-corrected chi connectivity index (χ2v) is 11.9. The molecule has 0 saturated heterocycles. The van der Waals surface area contributed by atoms with Crippen molar-refractivity contribution in [2.75, 3.05) is 5.75 Å². The van der Waals surface area contributed by atoms with Gasteiger partial charge in [0.2, 0.25) is 0 Å². The minimum absolute atomic E-state index is 0.235. The van der Waals surface area contributed by atoms with E-state index in [0.29, 0.717) is 25.0 Å². The van der Waals surface area contributed by atoms with Crippen LogP contribution >= 0.6 is 11.8 Å². The Morgan fingerprint density at radius 3 is 2.40 bits per heavy atom. The number of para-hydroxylation sites is 1. The quantitative estimate of drug-likeness (QED) is 0.180. The van der Waals surface area contributed by atoms with Crippen LogP contribution < -0.4 is 10.6 Å². The van der Waals surface area contributed by atoms with Crippen LogP contribution in [0.25, 0.3) is 5.69 Å². The first kappa shape index (κ1) is 29.7. The number of aromatic nitrogens is 2. The molecule has 1 heterocycles. The predicted molar refractivity (Wildman–Crippen MR) is 158 cm³/mol. The van der Waals surface area contributed by atoms with Gasteiger partial charge in [0.15, 0.2) is 11.3 Å². The van der Waals surface area contributed by atoms with E-state index in [1.54, 1.807) is 18.0 Å². The minimum Gasteiger partial charge on any atom is -0.465 e. The van der Waals surface area contributed by atoms with Crippen molar-refractivity contribution in [1.29, 1.82) is 0 Å². The van der Waals surface area contributed by atoms with Crippen molar-refractivity contribution in [3.8, 4) is 5.69 Å². The molecule has 8 nitrogen and oxygen atoms in total. The summed E-state index contributed by atoms with van der Waals surface area (Å²) in [4.78, 5) is 30.1. The highest BCUT2D eigenvalue weighted by Gasteiger charge is 2.51. The van der Waals surface area contributed by atoms with Gasteiger partial charge in [0.1, 0.15) is 0 Å². The van der Waals surface area contributed by atoms with E-state index in [1.165, 1.54) is 0 Å². The predicted octanol–water partition coefficient (Wildman–Crippen LogP) is 5.96. The van der Waals surface area contributed by atoms with Crippen LogP contribution in [0.3, 0.4) is 0 Å². The molecular formula is C31H40N4O4S. The molecule has 3 atom stereocenters. The molecule has 1 aromatic heterocycles. The lowest BCUT2D eigenvalue weighted by atomic mass is 9.61. The highest BCUT2D eigenvalue weighted by molar-refractivity contribution is 7.99. The van der Waals surface area contributed by atoms with Crippen LogP contribution in [-0.2, 0) is 4.79 Å².